The molecule has 0 saturated heterocycles. The van der Waals surface area contributed by atoms with E-state index in [0.717, 1.165) is 12.1 Å². The van der Waals surface area contributed by atoms with Crippen LogP contribution in [0.3, 0.4) is 0 Å². The maximum absolute atomic E-state index is 12.1. The molecule has 13 heavy (non-hydrogen) atoms. The van der Waals surface area contributed by atoms with Crippen molar-refractivity contribution in [3.63, 3.8) is 0 Å². The van der Waals surface area contributed by atoms with Gasteiger partial charge in [0.25, 0.3) is 0 Å². The molecule has 72 valence electrons. The van der Waals surface area contributed by atoms with Gasteiger partial charge in [0.05, 0.1) is 12.6 Å². The van der Waals surface area contributed by atoms with Crippen molar-refractivity contribution in [1.82, 2.24) is 0 Å². The minimum absolute atomic E-state index is 0.0785. The van der Waals surface area contributed by atoms with Gasteiger partial charge in [-0.3, -0.25) is 0 Å². The third-order valence-electron chi connectivity index (χ3n) is 1.60. The van der Waals surface area contributed by atoms with Gasteiger partial charge >= 0.3 is 6.18 Å². The summed E-state index contributed by atoms with van der Waals surface area (Å²) in [5.74, 6) is 0. The monoisotopic (exact) mass is 191 g/mol. The van der Waals surface area contributed by atoms with Crippen molar-refractivity contribution in [3.05, 3.63) is 35.0 Å². The molecule has 0 aliphatic carbocycles. The van der Waals surface area contributed by atoms with Gasteiger partial charge in [-0.2, -0.15) is 13.2 Å². The van der Waals surface area contributed by atoms with Crippen LogP contribution in [0, 0.1) is 5.21 Å². The predicted molar refractivity (Wildman–Crippen MR) is 41.4 cm³/mol. The van der Waals surface area contributed by atoms with E-state index in [2.05, 4.69) is 0 Å². The highest BCUT2D eigenvalue weighted by atomic mass is 19.4. The zero-order chi connectivity index (χ0) is 10.1. The first-order chi connectivity index (χ1) is 5.91. The standard InChI is InChI=1S/C8H8F3NO/c1-12(13)7-4-2-3-6(5-7)8(9,10)11/h2-5,12H,1H3. The summed E-state index contributed by atoms with van der Waals surface area (Å²) in [5, 5.41) is 10.4. The van der Waals surface area contributed by atoms with E-state index >= 15 is 0 Å². The number of alkyl halides is 3. The van der Waals surface area contributed by atoms with Crippen molar-refractivity contribution in [2.24, 2.45) is 0 Å². The van der Waals surface area contributed by atoms with Crippen LogP contribution in [0.15, 0.2) is 24.3 Å². The van der Waals surface area contributed by atoms with E-state index in [4.69, 9.17) is 0 Å². The largest absolute Gasteiger partial charge is 0.629 e. The molecular formula is C8H8F3NO. The molecule has 1 unspecified atom stereocenters. The van der Waals surface area contributed by atoms with E-state index in [1.807, 2.05) is 0 Å². The molecule has 1 N–H and O–H groups in total. The number of halogens is 3. The van der Waals surface area contributed by atoms with Crippen LogP contribution in [0.5, 0.6) is 0 Å². The van der Waals surface area contributed by atoms with E-state index in [1.54, 1.807) is 0 Å². The van der Waals surface area contributed by atoms with Gasteiger partial charge < -0.3 is 10.3 Å². The Hall–Kier alpha value is -1.07. The third kappa shape index (κ3) is 2.43. The normalized spacial score (nSPS) is 14.2. The summed E-state index contributed by atoms with van der Waals surface area (Å²) < 4.78 is 36.4. The molecule has 1 atom stereocenters. The Morgan fingerprint density at radius 3 is 2.38 bits per heavy atom. The summed E-state index contributed by atoms with van der Waals surface area (Å²) in [5.41, 5.74) is -0.713. The first-order valence-corrected chi connectivity index (χ1v) is 3.59. The molecule has 2 nitrogen and oxygen atoms in total. The van der Waals surface area contributed by atoms with Gasteiger partial charge in [0.1, 0.15) is 5.69 Å². The van der Waals surface area contributed by atoms with Crippen molar-refractivity contribution in [2.45, 2.75) is 6.18 Å². The van der Waals surface area contributed by atoms with Crippen molar-refractivity contribution in [1.29, 1.82) is 0 Å². The molecule has 0 fully saturated rings. The van der Waals surface area contributed by atoms with Gasteiger partial charge in [-0.05, 0) is 12.1 Å². The molecule has 0 spiro atoms. The Morgan fingerprint density at radius 2 is 1.92 bits per heavy atom. The molecule has 0 bridgehead atoms. The van der Waals surface area contributed by atoms with Gasteiger partial charge in [0.15, 0.2) is 0 Å². The number of hydrogen-bond acceptors (Lipinski definition) is 1. The zero-order valence-electron chi connectivity index (χ0n) is 6.85. The Balaban J connectivity index is 3.06. The van der Waals surface area contributed by atoms with Crippen LogP contribution >= 0.6 is 0 Å². The van der Waals surface area contributed by atoms with Crippen molar-refractivity contribution in [2.75, 3.05) is 7.05 Å². The fourth-order valence-electron chi connectivity index (χ4n) is 0.915. The lowest BCUT2D eigenvalue weighted by Gasteiger charge is -2.16. The molecule has 1 aromatic rings. The van der Waals surface area contributed by atoms with Crippen LogP contribution < -0.4 is 5.06 Å². The van der Waals surface area contributed by atoms with E-state index in [0.29, 0.717) is 0 Å². The van der Waals surface area contributed by atoms with Crippen LogP contribution in [0.25, 0.3) is 0 Å². The Kier molecular flexibility index (Phi) is 2.58. The molecule has 0 amide bonds. The molecular weight excluding hydrogens is 183 g/mol. The molecule has 0 aromatic heterocycles. The fourth-order valence-corrected chi connectivity index (χ4v) is 0.915. The first kappa shape index (κ1) is 10.0. The second-order valence-electron chi connectivity index (χ2n) is 2.63. The summed E-state index contributed by atoms with van der Waals surface area (Å²) in [7, 11) is 1.23. The molecule has 1 rings (SSSR count). The highest BCUT2D eigenvalue weighted by molar-refractivity contribution is 5.35. The van der Waals surface area contributed by atoms with Crippen LogP contribution in [-0.2, 0) is 6.18 Å². The average molecular weight is 191 g/mol. The van der Waals surface area contributed by atoms with Gasteiger partial charge in [-0.25, -0.2) is 0 Å². The molecule has 5 heteroatoms. The van der Waals surface area contributed by atoms with E-state index in [1.165, 1.54) is 19.2 Å². The molecule has 0 aliphatic rings. The van der Waals surface area contributed by atoms with E-state index in [9.17, 15) is 18.4 Å². The molecule has 0 aliphatic heterocycles. The van der Waals surface area contributed by atoms with Crippen LogP contribution in [0.1, 0.15) is 5.56 Å². The summed E-state index contributed by atoms with van der Waals surface area (Å²) in [4.78, 5) is 0. The number of benzene rings is 1. The average Bonchev–Trinajstić information content (AvgIpc) is 2.03. The minimum atomic E-state index is -4.38. The summed E-state index contributed by atoms with van der Waals surface area (Å²) >= 11 is 0. The zero-order valence-corrected chi connectivity index (χ0v) is 6.85. The molecule has 0 saturated carbocycles. The molecule has 0 heterocycles. The quantitative estimate of drug-likeness (QED) is 0.666. The lowest BCUT2D eigenvalue weighted by Crippen LogP contribution is -2.98. The van der Waals surface area contributed by atoms with E-state index < -0.39 is 11.7 Å². The fraction of sp³-hybridized carbons (Fsp3) is 0.250. The summed E-state index contributed by atoms with van der Waals surface area (Å²) in [6.07, 6.45) is -4.38. The number of nitrogens with one attached hydrogen (secondary N) is 1. The van der Waals surface area contributed by atoms with Gasteiger partial charge in [-0.15, -0.1) is 0 Å². The van der Waals surface area contributed by atoms with Gasteiger partial charge in [0.2, 0.25) is 0 Å². The molecule has 0 radical (unpaired) electrons. The maximum Gasteiger partial charge on any atom is 0.416 e. The van der Waals surface area contributed by atoms with Gasteiger partial charge in [0, 0.05) is 6.07 Å². The van der Waals surface area contributed by atoms with Crippen LogP contribution in [0.2, 0.25) is 0 Å². The smallest absolute Gasteiger partial charge is 0.416 e. The topological polar surface area (TPSA) is 27.5 Å². The number of rotatable bonds is 1. The van der Waals surface area contributed by atoms with Crippen molar-refractivity contribution < 1.29 is 18.2 Å². The van der Waals surface area contributed by atoms with E-state index in [-0.39, 0.29) is 10.8 Å². The van der Waals surface area contributed by atoms with Gasteiger partial charge in [-0.1, -0.05) is 6.07 Å². The lowest BCUT2D eigenvalue weighted by molar-refractivity contribution is -0.751. The Labute approximate surface area is 73.2 Å². The lowest BCUT2D eigenvalue weighted by atomic mass is 10.2. The third-order valence-corrected chi connectivity index (χ3v) is 1.60. The first-order valence-electron chi connectivity index (χ1n) is 3.59. The highest BCUT2D eigenvalue weighted by Crippen LogP contribution is 2.29. The minimum Gasteiger partial charge on any atom is -0.629 e. The highest BCUT2D eigenvalue weighted by Gasteiger charge is 2.30. The van der Waals surface area contributed by atoms with Crippen molar-refractivity contribution >= 4 is 5.69 Å². The summed E-state index contributed by atoms with van der Waals surface area (Å²) in [6.45, 7) is 0. The Morgan fingerprint density at radius 1 is 1.31 bits per heavy atom. The summed E-state index contributed by atoms with van der Waals surface area (Å²) in [6, 6.07) is 4.37. The number of quaternary nitrogens is 1. The predicted octanol–water partition coefficient (Wildman–Crippen LogP) is 1.35. The maximum atomic E-state index is 12.1. The SMILES string of the molecule is C[NH+]([O-])c1cccc(C(F)(F)F)c1. The second-order valence-corrected chi connectivity index (χ2v) is 2.63. The number of hydrogen-bond donors (Lipinski definition) is 1. The van der Waals surface area contributed by atoms with Crippen molar-refractivity contribution in [3.8, 4) is 0 Å². The van der Waals surface area contributed by atoms with Crippen LogP contribution in [-0.4, -0.2) is 7.05 Å². The number of hydroxylamine groups is 1. The van der Waals surface area contributed by atoms with Crippen LogP contribution in [0.4, 0.5) is 18.9 Å². The second kappa shape index (κ2) is 3.35. The Bertz CT molecular complexity index is 296. The molecule has 1 aromatic carbocycles.